The van der Waals surface area contributed by atoms with Gasteiger partial charge in [0.2, 0.25) is 0 Å². The summed E-state index contributed by atoms with van der Waals surface area (Å²) in [7, 11) is 0. The van der Waals surface area contributed by atoms with Crippen LogP contribution in [0.2, 0.25) is 0 Å². The van der Waals surface area contributed by atoms with E-state index in [0.29, 0.717) is 11.7 Å². The van der Waals surface area contributed by atoms with E-state index in [1.165, 1.54) is 0 Å². The van der Waals surface area contributed by atoms with E-state index in [9.17, 15) is 4.21 Å². The van der Waals surface area contributed by atoms with E-state index >= 15 is 0 Å². The van der Waals surface area contributed by atoms with Gasteiger partial charge >= 0.3 is 0 Å². The second kappa shape index (κ2) is 4.58. The molecule has 2 atom stereocenters. The molecule has 1 N–H and O–H groups in total. The minimum Gasteiger partial charge on any atom is -0.306 e. The molecule has 0 aliphatic heterocycles. The molecule has 0 radical (unpaired) electrons. The second-order valence-corrected chi connectivity index (χ2v) is 4.03. The van der Waals surface area contributed by atoms with Crippen molar-refractivity contribution in [2.45, 2.75) is 19.3 Å². The normalized spacial score (nSPS) is 26.1. The summed E-state index contributed by atoms with van der Waals surface area (Å²) in [5.41, 5.74) is 1.12. The van der Waals surface area contributed by atoms with Crippen LogP contribution in [0.1, 0.15) is 19.3 Å². The molecule has 1 aliphatic rings. The summed E-state index contributed by atoms with van der Waals surface area (Å²) in [6.07, 6.45) is 7.04. The van der Waals surface area contributed by atoms with E-state index in [-0.39, 0.29) is 0 Å². The molecule has 1 unspecified atom stereocenters. The van der Waals surface area contributed by atoms with Gasteiger partial charge in [0.05, 0.1) is 5.75 Å². The molecule has 12 heavy (non-hydrogen) atoms. The van der Waals surface area contributed by atoms with Crippen LogP contribution in [0, 0.1) is 5.92 Å². The monoisotopic (exact) mass is 186 g/mol. The SMILES string of the molecule is C=C[C@@H]1CC=C(CS(=O)O)CC1. The molecule has 0 bridgehead atoms. The van der Waals surface area contributed by atoms with Gasteiger partial charge in [-0.2, -0.15) is 0 Å². The first kappa shape index (κ1) is 9.68. The Morgan fingerprint density at radius 2 is 2.58 bits per heavy atom. The summed E-state index contributed by atoms with van der Waals surface area (Å²) in [6.45, 7) is 3.73. The first-order valence-corrected chi connectivity index (χ1v) is 5.38. The topological polar surface area (TPSA) is 37.3 Å². The molecule has 0 aromatic rings. The third-order valence-electron chi connectivity index (χ3n) is 2.19. The van der Waals surface area contributed by atoms with Gasteiger partial charge < -0.3 is 4.55 Å². The highest BCUT2D eigenvalue weighted by atomic mass is 32.2. The standard InChI is InChI=1S/C9H14O2S/c1-2-8-3-5-9(6-4-8)7-12(10)11/h2,5,8H,1,3-4,6-7H2,(H,10,11)/t8-/m1/s1. The molecule has 0 saturated carbocycles. The predicted molar refractivity (Wildman–Crippen MR) is 51.3 cm³/mol. The van der Waals surface area contributed by atoms with Gasteiger partial charge in [-0.05, 0) is 25.2 Å². The first-order chi connectivity index (χ1) is 5.72. The molecule has 0 saturated heterocycles. The van der Waals surface area contributed by atoms with Crippen molar-refractivity contribution in [2.75, 3.05) is 5.75 Å². The lowest BCUT2D eigenvalue weighted by atomic mass is 9.90. The van der Waals surface area contributed by atoms with Crippen LogP contribution in [0.4, 0.5) is 0 Å². The van der Waals surface area contributed by atoms with E-state index in [4.69, 9.17) is 4.55 Å². The van der Waals surface area contributed by atoms with Crippen LogP contribution in [0.3, 0.4) is 0 Å². The molecule has 1 rings (SSSR count). The van der Waals surface area contributed by atoms with Crippen LogP contribution in [-0.4, -0.2) is 14.5 Å². The molecule has 0 amide bonds. The van der Waals surface area contributed by atoms with Gasteiger partial charge in [-0.25, -0.2) is 4.21 Å². The van der Waals surface area contributed by atoms with E-state index < -0.39 is 11.1 Å². The molecule has 1 aliphatic carbocycles. The van der Waals surface area contributed by atoms with Gasteiger partial charge in [-0.3, -0.25) is 0 Å². The zero-order chi connectivity index (χ0) is 8.97. The average Bonchev–Trinajstić information content (AvgIpc) is 2.05. The highest BCUT2D eigenvalue weighted by molar-refractivity contribution is 7.79. The molecular formula is C9H14O2S. The van der Waals surface area contributed by atoms with Gasteiger partial charge in [-0.15, -0.1) is 6.58 Å². The molecule has 3 heteroatoms. The summed E-state index contributed by atoms with van der Waals surface area (Å²) in [6, 6.07) is 0. The fourth-order valence-corrected chi connectivity index (χ4v) is 1.99. The van der Waals surface area contributed by atoms with Gasteiger partial charge in [0.25, 0.3) is 0 Å². The fraction of sp³-hybridized carbons (Fsp3) is 0.556. The molecule has 0 aromatic heterocycles. The van der Waals surface area contributed by atoms with Crippen molar-refractivity contribution in [3.05, 3.63) is 24.3 Å². The zero-order valence-electron chi connectivity index (χ0n) is 7.03. The quantitative estimate of drug-likeness (QED) is 0.541. The highest BCUT2D eigenvalue weighted by Crippen LogP contribution is 2.24. The van der Waals surface area contributed by atoms with Gasteiger partial charge in [0.15, 0.2) is 11.1 Å². The number of hydrogen-bond donors (Lipinski definition) is 1. The van der Waals surface area contributed by atoms with Crippen molar-refractivity contribution in [3.63, 3.8) is 0 Å². The second-order valence-electron chi connectivity index (χ2n) is 3.10. The smallest absolute Gasteiger partial charge is 0.156 e. The van der Waals surface area contributed by atoms with Gasteiger partial charge in [0.1, 0.15) is 0 Å². The summed E-state index contributed by atoms with van der Waals surface area (Å²) in [4.78, 5) is 0. The molecule has 0 spiro atoms. The Labute approximate surface area is 75.7 Å². The van der Waals surface area contributed by atoms with Crippen molar-refractivity contribution >= 4 is 11.1 Å². The third-order valence-corrected chi connectivity index (χ3v) is 2.81. The maximum Gasteiger partial charge on any atom is 0.156 e. The predicted octanol–water partition coefficient (Wildman–Crippen LogP) is 2.12. The third kappa shape index (κ3) is 2.91. The Kier molecular flexibility index (Phi) is 3.69. The Balaban J connectivity index is 2.44. The molecule has 2 nitrogen and oxygen atoms in total. The van der Waals surface area contributed by atoms with Crippen LogP contribution in [0.5, 0.6) is 0 Å². The van der Waals surface area contributed by atoms with Crippen molar-refractivity contribution in [1.82, 2.24) is 0 Å². The van der Waals surface area contributed by atoms with E-state index in [0.717, 1.165) is 24.8 Å². The lowest BCUT2D eigenvalue weighted by Crippen LogP contribution is -2.07. The average molecular weight is 186 g/mol. The maximum atomic E-state index is 10.5. The van der Waals surface area contributed by atoms with E-state index in [1.807, 2.05) is 6.08 Å². The number of rotatable bonds is 3. The molecule has 68 valence electrons. The lowest BCUT2D eigenvalue weighted by molar-refractivity contribution is 0.552. The lowest BCUT2D eigenvalue weighted by Gasteiger charge is -2.17. The Hall–Kier alpha value is -0.410. The summed E-state index contributed by atoms with van der Waals surface area (Å²) in [5.74, 6) is 0.894. The fourth-order valence-electron chi connectivity index (χ4n) is 1.41. The van der Waals surface area contributed by atoms with Crippen molar-refractivity contribution in [1.29, 1.82) is 0 Å². The van der Waals surface area contributed by atoms with Crippen LogP contribution >= 0.6 is 0 Å². The van der Waals surface area contributed by atoms with Crippen LogP contribution in [-0.2, 0) is 11.1 Å². The van der Waals surface area contributed by atoms with Crippen molar-refractivity contribution in [3.8, 4) is 0 Å². The Morgan fingerprint density at radius 3 is 3.00 bits per heavy atom. The van der Waals surface area contributed by atoms with Gasteiger partial charge in [0, 0.05) is 0 Å². The van der Waals surface area contributed by atoms with E-state index in [2.05, 4.69) is 12.7 Å². The summed E-state index contributed by atoms with van der Waals surface area (Å²) < 4.78 is 19.1. The van der Waals surface area contributed by atoms with Crippen LogP contribution < -0.4 is 0 Å². The molecule has 0 heterocycles. The zero-order valence-corrected chi connectivity index (χ0v) is 7.85. The van der Waals surface area contributed by atoms with Gasteiger partial charge in [-0.1, -0.05) is 17.7 Å². The maximum absolute atomic E-state index is 10.5. The Bertz CT molecular complexity index is 221. The molecule has 0 fully saturated rings. The minimum atomic E-state index is -1.67. The minimum absolute atomic E-state index is 0.323. The summed E-state index contributed by atoms with van der Waals surface area (Å²) >= 11 is -1.67. The van der Waals surface area contributed by atoms with Crippen molar-refractivity contribution in [2.24, 2.45) is 5.92 Å². The largest absolute Gasteiger partial charge is 0.306 e. The number of allylic oxidation sites excluding steroid dienone is 2. The first-order valence-electron chi connectivity index (χ1n) is 4.10. The summed E-state index contributed by atoms with van der Waals surface area (Å²) in [5, 5.41) is 0. The number of hydrogen-bond acceptors (Lipinski definition) is 1. The molecule has 0 aromatic carbocycles. The molecular weight excluding hydrogens is 172 g/mol. The van der Waals surface area contributed by atoms with Crippen LogP contribution in [0.15, 0.2) is 24.3 Å². The highest BCUT2D eigenvalue weighted by Gasteiger charge is 2.12. The van der Waals surface area contributed by atoms with Crippen LogP contribution in [0.25, 0.3) is 0 Å². The van der Waals surface area contributed by atoms with Crippen molar-refractivity contribution < 1.29 is 8.76 Å². The Morgan fingerprint density at radius 1 is 1.83 bits per heavy atom. The van der Waals surface area contributed by atoms with E-state index in [1.54, 1.807) is 0 Å².